The van der Waals surface area contributed by atoms with E-state index in [-0.39, 0.29) is 6.04 Å². The molecule has 1 aromatic rings. The predicted molar refractivity (Wildman–Crippen MR) is 68.3 cm³/mol. The van der Waals surface area contributed by atoms with Gasteiger partial charge >= 0.3 is 0 Å². The van der Waals surface area contributed by atoms with Crippen LogP contribution in [0.5, 0.6) is 0 Å². The van der Waals surface area contributed by atoms with Crippen molar-refractivity contribution in [1.29, 1.82) is 0 Å². The number of hydrogen-bond acceptors (Lipinski definition) is 4. The number of fused-ring (bicyclic) bond motifs is 1. The second-order valence-electron chi connectivity index (χ2n) is 4.09. The normalized spacial score (nSPS) is 22.2. The van der Waals surface area contributed by atoms with Crippen LogP contribution in [0.3, 0.4) is 0 Å². The van der Waals surface area contributed by atoms with Gasteiger partial charge in [0, 0.05) is 24.0 Å². The Hall–Kier alpha value is -2.10. The first kappa shape index (κ1) is 10.1. The zero-order valence-electron chi connectivity index (χ0n) is 9.34. The zero-order chi connectivity index (χ0) is 11.7. The summed E-state index contributed by atoms with van der Waals surface area (Å²) < 4.78 is 5.75. The summed E-state index contributed by atoms with van der Waals surface area (Å²) in [6, 6.07) is 7.67. The van der Waals surface area contributed by atoms with Crippen molar-refractivity contribution in [2.45, 2.75) is 12.5 Å². The van der Waals surface area contributed by atoms with Gasteiger partial charge < -0.3 is 10.5 Å². The molecule has 3 rings (SSSR count). The summed E-state index contributed by atoms with van der Waals surface area (Å²) in [5, 5.41) is 0. The summed E-state index contributed by atoms with van der Waals surface area (Å²) in [5.74, 6) is 1.56. The third-order valence-electron chi connectivity index (χ3n) is 2.85. The third-order valence-corrected chi connectivity index (χ3v) is 2.85. The monoisotopic (exact) mass is 227 g/mol. The van der Waals surface area contributed by atoms with E-state index in [1.165, 1.54) is 0 Å². The highest BCUT2D eigenvalue weighted by Gasteiger charge is 2.26. The van der Waals surface area contributed by atoms with Gasteiger partial charge in [0.05, 0.1) is 0 Å². The summed E-state index contributed by atoms with van der Waals surface area (Å²) in [6.07, 6.45) is 4.59. The summed E-state index contributed by atoms with van der Waals surface area (Å²) in [6.45, 7) is 0.798. The molecule has 0 aliphatic carbocycles. The van der Waals surface area contributed by atoms with Crippen molar-refractivity contribution in [2.75, 3.05) is 12.3 Å². The second-order valence-corrected chi connectivity index (χ2v) is 4.09. The number of benzene rings is 1. The van der Waals surface area contributed by atoms with Crippen molar-refractivity contribution in [2.24, 2.45) is 9.98 Å². The van der Waals surface area contributed by atoms with Crippen LogP contribution in [0.1, 0.15) is 12.0 Å². The number of hydrogen-bond donors (Lipinski definition) is 1. The third kappa shape index (κ3) is 1.93. The molecule has 86 valence electrons. The van der Waals surface area contributed by atoms with E-state index in [9.17, 15) is 0 Å². The van der Waals surface area contributed by atoms with Gasteiger partial charge in [0.1, 0.15) is 11.8 Å². The lowest BCUT2D eigenvalue weighted by atomic mass is 10.2. The predicted octanol–water partition coefficient (Wildman–Crippen LogP) is 1.77. The first-order chi connectivity index (χ1) is 8.33. The molecule has 4 nitrogen and oxygen atoms in total. The minimum absolute atomic E-state index is 0.116. The van der Waals surface area contributed by atoms with Gasteiger partial charge in [0.25, 0.3) is 0 Å². The Morgan fingerprint density at radius 3 is 2.88 bits per heavy atom. The quantitative estimate of drug-likeness (QED) is 0.743. The van der Waals surface area contributed by atoms with Crippen LogP contribution in [0.2, 0.25) is 0 Å². The van der Waals surface area contributed by atoms with Gasteiger partial charge in [-0.2, -0.15) is 0 Å². The van der Waals surface area contributed by atoms with Crippen LogP contribution in [0.15, 0.2) is 46.1 Å². The molecule has 2 heterocycles. The van der Waals surface area contributed by atoms with E-state index in [1.54, 1.807) is 6.21 Å². The Morgan fingerprint density at radius 1 is 1.24 bits per heavy atom. The van der Waals surface area contributed by atoms with E-state index in [1.807, 2.05) is 30.3 Å². The molecule has 17 heavy (non-hydrogen) atoms. The van der Waals surface area contributed by atoms with E-state index in [2.05, 4.69) is 9.98 Å². The van der Waals surface area contributed by atoms with Gasteiger partial charge in [-0.05, 0) is 36.8 Å². The molecule has 0 spiro atoms. The Morgan fingerprint density at radius 2 is 2.06 bits per heavy atom. The average molecular weight is 227 g/mol. The SMILES string of the molecule is Nc1ccc(C2=NC3CCN=CC=C3O2)cc1. The lowest BCUT2D eigenvalue weighted by molar-refractivity contribution is 0.413. The second kappa shape index (κ2) is 4.05. The zero-order valence-corrected chi connectivity index (χ0v) is 9.34. The fourth-order valence-corrected chi connectivity index (χ4v) is 1.92. The Labute approximate surface area is 99.5 Å². The van der Waals surface area contributed by atoms with Gasteiger partial charge in [-0.25, -0.2) is 4.99 Å². The van der Waals surface area contributed by atoms with E-state index in [0.717, 1.165) is 30.0 Å². The molecule has 0 amide bonds. The van der Waals surface area contributed by atoms with Gasteiger partial charge in [-0.1, -0.05) is 0 Å². The standard InChI is InChI=1S/C13H13N3O/c14-10-3-1-9(2-4-10)13-16-11-5-7-15-8-6-12(11)17-13/h1-4,6,8,11H,5,7,14H2. The van der Waals surface area contributed by atoms with Crippen molar-refractivity contribution in [3.8, 4) is 0 Å². The first-order valence-electron chi connectivity index (χ1n) is 5.64. The summed E-state index contributed by atoms with van der Waals surface area (Å²) in [4.78, 5) is 8.77. The molecule has 0 fully saturated rings. The van der Waals surface area contributed by atoms with Crippen LogP contribution >= 0.6 is 0 Å². The lowest BCUT2D eigenvalue weighted by Crippen LogP contribution is -2.04. The van der Waals surface area contributed by atoms with Gasteiger partial charge in [0.2, 0.25) is 5.90 Å². The molecule has 0 bridgehead atoms. The highest BCUT2D eigenvalue weighted by atomic mass is 16.5. The van der Waals surface area contributed by atoms with E-state index < -0.39 is 0 Å². The van der Waals surface area contributed by atoms with Crippen molar-refractivity contribution < 1.29 is 4.74 Å². The van der Waals surface area contributed by atoms with Gasteiger partial charge in [-0.3, -0.25) is 4.99 Å². The molecule has 2 N–H and O–H groups in total. The summed E-state index contributed by atoms with van der Waals surface area (Å²) in [5.41, 5.74) is 7.36. The smallest absolute Gasteiger partial charge is 0.222 e. The van der Waals surface area contributed by atoms with Gasteiger partial charge in [-0.15, -0.1) is 0 Å². The minimum Gasteiger partial charge on any atom is -0.441 e. The fourth-order valence-electron chi connectivity index (χ4n) is 1.92. The van der Waals surface area contributed by atoms with Crippen molar-refractivity contribution >= 4 is 17.8 Å². The highest BCUT2D eigenvalue weighted by molar-refractivity contribution is 5.97. The lowest BCUT2D eigenvalue weighted by Gasteiger charge is -2.04. The molecule has 0 radical (unpaired) electrons. The molecule has 1 aromatic carbocycles. The summed E-state index contributed by atoms with van der Waals surface area (Å²) in [7, 11) is 0. The topological polar surface area (TPSA) is 60.0 Å². The van der Waals surface area contributed by atoms with E-state index >= 15 is 0 Å². The molecule has 2 aliphatic rings. The molecular weight excluding hydrogens is 214 g/mol. The van der Waals surface area contributed by atoms with Crippen LogP contribution < -0.4 is 5.73 Å². The highest BCUT2D eigenvalue weighted by Crippen LogP contribution is 2.24. The number of nitrogen functional groups attached to an aromatic ring is 1. The van der Waals surface area contributed by atoms with Crippen LogP contribution in [0.4, 0.5) is 5.69 Å². The van der Waals surface area contributed by atoms with Crippen LogP contribution in [0, 0.1) is 0 Å². The van der Waals surface area contributed by atoms with E-state index in [0.29, 0.717) is 5.90 Å². The maximum absolute atomic E-state index is 5.75. The van der Waals surface area contributed by atoms with Crippen molar-refractivity contribution in [3.05, 3.63) is 41.7 Å². The summed E-state index contributed by atoms with van der Waals surface area (Å²) >= 11 is 0. The number of rotatable bonds is 1. The molecule has 0 aromatic heterocycles. The molecule has 1 atom stereocenters. The Balaban J connectivity index is 1.89. The van der Waals surface area contributed by atoms with Crippen LogP contribution in [-0.4, -0.2) is 24.7 Å². The Kier molecular flexibility index (Phi) is 2.40. The number of aliphatic imine (C=N–C) groups is 2. The number of nitrogens with zero attached hydrogens (tertiary/aromatic N) is 2. The number of ether oxygens (including phenoxy) is 1. The maximum atomic E-state index is 5.75. The minimum atomic E-state index is 0.116. The first-order valence-corrected chi connectivity index (χ1v) is 5.64. The number of allylic oxidation sites excluding steroid dienone is 1. The molecule has 0 saturated heterocycles. The largest absolute Gasteiger partial charge is 0.441 e. The van der Waals surface area contributed by atoms with Crippen LogP contribution in [0.25, 0.3) is 0 Å². The molecule has 4 heteroatoms. The average Bonchev–Trinajstić information content (AvgIpc) is 2.62. The van der Waals surface area contributed by atoms with Crippen molar-refractivity contribution in [1.82, 2.24) is 0 Å². The van der Waals surface area contributed by atoms with Crippen LogP contribution in [-0.2, 0) is 4.74 Å². The Bertz CT molecular complexity index is 514. The maximum Gasteiger partial charge on any atom is 0.222 e. The molecular formula is C13H13N3O. The molecule has 1 unspecified atom stereocenters. The van der Waals surface area contributed by atoms with Crippen molar-refractivity contribution in [3.63, 3.8) is 0 Å². The number of nitrogens with two attached hydrogens (primary N) is 1. The fraction of sp³-hybridized carbons (Fsp3) is 0.231. The molecule has 2 aliphatic heterocycles. The molecule has 0 saturated carbocycles. The number of anilines is 1. The van der Waals surface area contributed by atoms with Gasteiger partial charge in [0.15, 0.2) is 0 Å². The van der Waals surface area contributed by atoms with E-state index in [4.69, 9.17) is 10.5 Å².